The van der Waals surface area contributed by atoms with Crippen LogP contribution in [0.1, 0.15) is 15.9 Å². The summed E-state index contributed by atoms with van der Waals surface area (Å²) in [5.74, 6) is -0.248. The van der Waals surface area contributed by atoms with Crippen molar-refractivity contribution >= 4 is 46.2 Å². The van der Waals surface area contributed by atoms with E-state index >= 15 is 0 Å². The van der Waals surface area contributed by atoms with Crippen LogP contribution in [0.2, 0.25) is 0 Å². The van der Waals surface area contributed by atoms with E-state index in [9.17, 15) is 9.59 Å². The van der Waals surface area contributed by atoms with E-state index in [0.29, 0.717) is 41.1 Å². The van der Waals surface area contributed by atoms with Crippen molar-refractivity contribution in [1.82, 2.24) is 15.3 Å². The fraction of sp³-hybridized carbons (Fsp3) is 0.312. The lowest BCUT2D eigenvalue weighted by atomic mass is 10.1. The number of nitrogens with one attached hydrogen (secondary N) is 1. The predicted octanol–water partition coefficient (Wildman–Crippen LogP) is 1.49. The van der Waals surface area contributed by atoms with E-state index in [1.54, 1.807) is 25.3 Å². The van der Waals surface area contributed by atoms with Gasteiger partial charge in [-0.05, 0) is 23.8 Å². The molecule has 6 nitrogen and oxygen atoms in total. The number of amides is 2. The Hall–Kier alpha value is -1.74. The number of hydrogen-bond donors (Lipinski definition) is 1. The molecule has 2 amide bonds. The van der Waals surface area contributed by atoms with Crippen LogP contribution in [-0.4, -0.2) is 59.4 Å². The molecule has 2 saturated heterocycles. The average molecular weight is 363 g/mol. The number of thiocarbonyl (C=S) groups is 1. The van der Waals surface area contributed by atoms with Gasteiger partial charge in [-0.25, -0.2) is 5.01 Å². The number of morpholine rings is 1. The number of ether oxygens (including phenoxy) is 1. The Morgan fingerprint density at radius 1 is 1.29 bits per heavy atom. The van der Waals surface area contributed by atoms with Gasteiger partial charge < -0.3 is 4.74 Å². The molecule has 1 N–H and O–H groups in total. The number of thioether (sulfide) groups is 1. The van der Waals surface area contributed by atoms with Crippen LogP contribution < -0.4 is 5.43 Å². The van der Waals surface area contributed by atoms with Gasteiger partial charge in [-0.2, -0.15) is 0 Å². The smallest absolute Gasteiger partial charge is 0.265 e. The van der Waals surface area contributed by atoms with E-state index in [0.717, 1.165) is 5.56 Å². The highest BCUT2D eigenvalue weighted by Crippen LogP contribution is 2.31. The van der Waals surface area contributed by atoms with Crippen LogP contribution in [-0.2, 0) is 9.53 Å². The lowest BCUT2D eigenvalue weighted by Gasteiger charge is -2.26. The number of carbonyl (C=O) groups is 2. The third-order valence-corrected chi connectivity index (χ3v) is 5.21. The molecular formula is C16H17N3O3S2. The van der Waals surface area contributed by atoms with E-state index in [-0.39, 0.29) is 11.8 Å². The van der Waals surface area contributed by atoms with Gasteiger partial charge >= 0.3 is 0 Å². The van der Waals surface area contributed by atoms with Crippen LogP contribution in [0.15, 0.2) is 29.2 Å². The molecule has 2 heterocycles. The maximum atomic E-state index is 12.2. The lowest BCUT2D eigenvalue weighted by molar-refractivity contribution is -0.121. The largest absolute Gasteiger partial charge is 0.379 e. The predicted molar refractivity (Wildman–Crippen MR) is 97.2 cm³/mol. The van der Waals surface area contributed by atoms with Crippen molar-refractivity contribution in [2.24, 2.45) is 0 Å². The fourth-order valence-electron chi connectivity index (χ4n) is 2.31. The first-order valence-electron chi connectivity index (χ1n) is 7.50. The number of hydrogen-bond acceptors (Lipinski definition) is 6. The monoisotopic (exact) mass is 363 g/mol. The Balaban J connectivity index is 1.66. The minimum absolute atomic E-state index is 0.0980. The van der Waals surface area contributed by atoms with Crippen LogP contribution >= 0.6 is 24.0 Å². The molecule has 0 aliphatic carbocycles. The highest BCUT2D eigenvalue weighted by molar-refractivity contribution is 8.26. The molecule has 2 aliphatic heterocycles. The molecule has 8 heteroatoms. The maximum Gasteiger partial charge on any atom is 0.265 e. The molecule has 0 spiro atoms. The standard InChI is InChI=1S/C16H17N3O3S2/c1-18-15(21)13(24-16(18)23)10-11-2-4-12(5-3-11)14(20)17-19-6-8-22-9-7-19/h2-5,10H,6-9H2,1H3,(H,17,20)/b13-10-. The third kappa shape index (κ3) is 3.84. The van der Waals surface area contributed by atoms with Gasteiger partial charge in [-0.1, -0.05) is 36.1 Å². The summed E-state index contributed by atoms with van der Waals surface area (Å²) in [5, 5.41) is 1.85. The molecule has 24 heavy (non-hydrogen) atoms. The fourth-order valence-corrected chi connectivity index (χ4v) is 3.49. The van der Waals surface area contributed by atoms with E-state index in [1.807, 2.05) is 17.1 Å². The van der Waals surface area contributed by atoms with Crippen molar-refractivity contribution < 1.29 is 14.3 Å². The van der Waals surface area contributed by atoms with Crippen molar-refractivity contribution in [1.29, 1.82) is 0 Å². The minimum atomic E-state index is -0.150. The van der Waals surface area contributed by atoms with Gasteiger partial charge in [0.15, 0.2) is 0 Å². The summed E-state index contributed by atoms with van der Waals surface area (Å²) in [6, 6.07) is 7.12. The topological polar surface area (TPSA) is 61.9 Å². The Kier molecular flexibility index (Phi) is 5.30. The third-order valence-electron chi connectivity index (χ3n) is 3.73. The second kappa shape index (κ2) is 7.43. The first-order valence-corrected chi connectivity index (χ1v) is 8.72. The molecule has 0 bridgehead atoms. The first kappa shape index (κ1) is 17.1. The Bertz CT molecular complexity index is 697. The summed E-state index contributed by atoms with van der Waals surface area (Å²) in [7, 11) is 1.66. The van der Waals surface area contributed by atoms with E-state index in [2.05, 4.69) is 5.43 Å². The minimum Gasteiger partial charge on any atom is -0.379 e. The Morgan fingerprint density at radius 3 is 2.54 bits per heavy atom. The number of likely N-dealkylation sites (N-methyl/N-ethyl adjacent to an activating group) is 1. The number of benzene rings is 1. The highest BCUT2D eigenvalue weighted by Gasteiger charge is 2.28. The van der Waals surface area contributed by atoms with E-state index < -0.39 is 0 Å². The van der Waals surface area contributed by atoms with Crippen molar-refractivity contribution in [3.8, 4) is 0 Å². The van der Waals surface area contributed by atoms with Gasteiger partial charge in [-0.15, -0.1) is 0 Å². The number of nitrogens with zero attached hydrogens (tertiary/aromatic N) is 2. The molecular weight excluding hydrogens is 346 g/mol. The summed E-state index contributed by atoms with van der Waals surface area (Å²) >= 11 is 6.39. The summed E-state index contributed by atoms with van der Waals surface area (Å²) in [6.07, 6.45) is 1.78. The molecule has 126 valence electrons. The van der Waals surface area contributed by atoms with Crippen molar-refractivity contribution in [2.45, 2.75) is 0 Å². The molecule has 1 aromatic carbocycles. The first-order chi connectivity index (χ1) is 11.5. The zero-order chi connectivity index (χ0) is 17.1. The summed E-state index contributed by atoms with van der Waals surface area (Å²) in [5.41, 5.74) is 4.29. The molecule has 3 rings (SSSR count). The van der Waals surface area contributed by atoms with Crippen LogP contribution in [0.3, 0.4) is 0 Å². The van der Waals surface area contributed by atoms with Crippen LogP contribution in [0.4, 0.5) is 0 Å². The normalized spacial score (nSPS) is 20.7. The molecule has 0 unspecified atom stereocenters. The van der Waals surface area contributed by atoms with Gasteiger partial charge in [-0.3, -0.25) is 19.9 Å². The molecule has 0 atom stereocenters. The van der Waals surface area contributed by atoms with E-state index in [4.69, 9.17) is 17.0 Å². The number of hydrazine groups is 1. The molecule has 2 fully saturated rings. The molecule has 0 aromatic heterocycles. The average Bonchev–Trinajstić information content (AvgIpc) is 2.83. The van der Waals surface area contributed by atoms with Gasteiger partial charge in [0.2, 0.25) is 0 Å². The van der Waals surface area contributed by atoms with Crippen LogP contribution in [0.25, 0.3) is 6.08 Å². The highest BCUT2D eigenvalue weighted by atomic mass is 32.2. The second-order valence-corrected chi connectivity index (χ2v) is 7.08. The summed E-state index contributed by atoms with van der Waals surface area (Å²) < 4.78 is 5.80. The summed E-state index contributed by atoms with van der Waals surface area (Å²) in [4.78, 5) is 26.2. The van der Waals surface area contributed by atoms with Crippen molar-refractivity contribution in [3.05, 3.63) is 40.3 Å². The van der Waals surface area contributed by atoms with Crippen LogP contribution in [0, 0.1) is 0 Å². The van der Waals surface area contributed by atoms with Crippen molar-refractivity contribution in [2.75, 3.05) is 33.4 Å². The van der Waals surface area contributed by atoms with Crippen molar-refractivity contribution in [3.63, 3.8) is 0 Å². The second-order valence-electron chi connectivity index (χ2n) is 5.40. The zero-order valence-electron chi connectivity index (χ0n) is 13.2. The zero-order valence-corrected chi connectivity index (χ0v) is 14.8. The molecule has 2 aliphatic rings. The van der Waals surface area contributed by atoms with Gasteiger partial charge in [0.1, 0.15) is 4.32 Å². The summed E-state index contributed by atoms with van der Waals surface area (Å²) in [6.45, 7) is 2.61. The number of carbonyl (C=O) groups excluding carboxylic acids is 2. The molecule has 1 aromatic rings. The molecule has 0 radical (unpaired) electrons. The maximum absolute atomic E-state index is 12.2. The Morgan fingerprint density at radius 2 is 1.96 bits per heavy atom. The van der Waals surface area contributed by atoms with Gasteiger partial charge in [0.25, 0.3) is 11.8 Å². The van der Waals surface area contributed by atoms with Crippen LogP contribution in [0.5, 0.6) is 0 Å². The Labute approximate surface area is 149 Å². The SMILES string of the molecule is CN1C(=O)/C(=C/c2ccc(C(=O)NN3CCOCC3)cc2)SC1=S. The van der Waals surface area contributed by atoms with Gasteiger partial charge in [0.05, 0.1) is 18.1 Å². The van der Waals surface area contributed by atoms with E-state index in [1.165, 1.54) is 16.7 Å². The number of rotatable bonds is 3. The van der Waals surface area contributed by atoms with Gasteiger partial charge in [0, 0.05) is 25.7 Å². The molecule has 0 saturated carbocycles. The quantitative estimate of drug-likeness (QED) is 0.649. The lowest BCUT2D eigenvalue weighted by Crippen LogP contribution is -2.48.